The van der Waals surface area contributed by atoms with Crippen molar-refractivity contribution in [3.8, 4) is 11.3 Å². The van der Waals surface area contributed by atoms with Gasteiger partial charge in [0, 0.05) is 17.6 Å². The first kappa shape index (κ1) is 21.5. The number of benzene rings is 1. The number of amides is 1. The van der Waals surface area contributed by atoms with Gasteiger partial charge in [0.2, 0.25) is 5.91 Å². The van der Waals surface area contributed by atoms with Crippen molar-refractivity contribution in [2.45, 2.75) is 56.5 Å². The quantitative estimate of drug-likeness (QED) is 0.383. The second-order valence-corrected chi connectivity index (χ2v) is 8.09. The third-order valence-corrected chi connectivity index (χ3v) is 5.77. The second kappa shape index (κ2) is 8.69. The number of likely N-dealkylation sites (tertiary alicyclic amines) is 1. The van der Waals surface area contributed by atoms with Gasteiger partial charge in [-0.2, -0.15) is 13.2 Å². The van der Waals surface area contributed by atoms with Gasteiger partial charge in [-0.1, -0.05) is 11.8 Å². The number of aromatic nitrogens is 2. The standard InChI is InChI=1S/C20H21F4N3OS/c1-12-4-3-5-13(2)27(12)18(28)11-29-19-25-16(10-17(26-19)20(22,23)24)14-6-8-15(21)9-7-14/h6-10,12-13H,3-5,11H2,1-2H3. The van der Waals surface area contributed by atoms with Crippen molar-refractivity contribution in [3.63, 3.8) is 0 Å². The Labute approximate surface area is 170 Å². The Kier molecular flexibility index (Phi) is 6.45. The molecule has 0 saturated carbocycles. The predicted octanol–water partition coefficient (Wildman–Crippen LogP) is 5.18. The molecule has 0 spiro atoms. The maximum atomic E-state index is 13.3. The maximum Gasteiger partial charge on any atom is 0.433 e. The van der Waals surface area contributed by atoms with Crippen LogP contribution in [0.1, 0.15) is 38.8 Å². The van der Waals surface area contributed by atoms with Crippen LogP contribution in [0, 0.1) is 5.82 Å². The van der Waals surface area contributed by atoms with E-state index in [-0.39, 0.29) is 34.6 Å². The van der Waals surface area contributed by atoms with E-state index in [9.17, 15) is 22.4 Å². The van der Waals surface area contributed by atoms with E-state index >= 15 is 0 Å². The minimum absolute atomic E-state index is 0.0296. The number of carbonyl (C=O) groups excluding carboxylic acids is 1. The molecule has 0 radical (unpaired) electrons. The Morgan fingerprint density at radius 2 is 1.76 bits per heavy atom. The number of alkyl halides is 3. The van der Waals surface area contributed by atoms with E-state index in [1.165, 1.54) is 12.1 Å². The number of piperidine rings is 1. The summed E-state index contributed by atoms with van der Waals surface area (Å²) in [5, 5.41) is -0.134. The zero-order valence-corrected chi connectivity index (χ0v) is 16.9. The van der Waals surface area contributed by atoms with E-state index in [1.54, 1.807) is 4.90 Å². The SMILES string of the molecule is CC1CCCC(C)N1C(=O)CSc1nc(-c2ccc(F)cc2)cc(C(F)(F)F)n1. The van der Waals surface area contributed by atoms with Gasteiger partial charge in [-0.15, -0.1) is 0 Å². The summed E-state index contributed by atoms with van der Waals surface area (Å²) in [6.45, 7) is 3.96. The van der Waals surface area contributed by atoms with Crippen LogP contribution in [0.25, 0.3) is 11.3 Å². The zero-order valence-electron chi connectivity index (χ0n) is 16.0. The van der Waals surface area contributed by atoms with Gasteiger partial charge in [-0.25, -0.2) is 14.4 Å². The van der Waals surface area contributed by atoms with E-state index in [4.69, 9.17) is 0 Å². The van der Waals surface area contributed by atoms with E-state index in [1.807, 2.05) is 13.8 Å². The molecule has 1 aromatic carbocycles. The highest BCUT2D eigenvalue weighted by Crippen LogP contribution is 2.32. The molecule has 1 saturated heterocycles. The molecule has 2 aromatic rings. The van der Waals surface area contributed by atoms with Gasteiger partial charge >= 0.3 is 6.18 Å². The summed E-state index contributed by atoms with van der Waals surface area (Å²) in [4.78, 5) is 22.2. The molecule has 1 fully saturated rings. The number of hydrogen-bond donors (Lipinski definition) is 0. The van der Waals surface area contributed by atoms with Gasteiger partial charge in [-0.05, 0) is 63.4 Å². The minimum atomic E-state index is -4.66. The second-order valence-electron chi connectivity index (χ2n) is 7.14. The lowest BCUT2D eigenvalue weighted by molar-refractivity contribution is -0.141. The molecule has 156 valence electrons. The lowest BCUT2D eigenvalue weighted by Crippen LogP contribution is -2.48. The van der Waals surface area contributed by atoms with Gasteiger partial charge in [-0.3, -0.25) is 4.79 Å². The van der Waals surface area contributed by atoms with Crippen LogP contribution in [0.3, 0.4) is 0 Å². The van der Waals surface area contributed by atoms with Gasteiger partial charge in [0.05, 0.1) is 11.4 Å². The average Bonchev–Trinajstić information content (AvgIpc) is 2.66. The minimum Gasteiger partial charge on any atom is -0.337 e. The van der Waals surface area contributed by atoms with Crippen molar-refractivity contribution in [1.29, 1.82) is 0 Å². The van der Waals surface area contributed by atoms with Gasteiger partial charge in [0.1, 0.15) is 11.5 Å². The highest BCUT2D eigenvalue weighted by molar-refractivity contribution is 7.99. The third-order valence-electron chi connectivity index (χ3n) is 4.94. The highest BCUT2D eigenvalue weighted by Gasteiger charge is 2.34. The molecule has 1 aliphatic rings. The first-order valence-electron chi connectivity index (χ1n) is 9.31. The molecule has 3 rings (SSSR count). The van der Waals surface area contributed by atoms with Crippen LogP contribution in [-0.2, 0) is 11.0 Å². The van der Waals surface area contributed by atoms with Crippen LogP contribution >= 0.6 is 11.8 Å². The fourth-order valence-corrected chi connectivity index (χ4v) is 4.24. The van der Waals surface area contributed by atoms with Crippen molar-refractivity contribution < 1.29 is 22.4 Å². The summed E-state index contributed by atoms with van der Waals surface area (Å²) >= 11 is 0.881. The number of hydrogen-bond acceptors (Lipinski definition) is 4. The van der Waals surface area contributed by atoms with Crippen molar-refractivity contribution in [2.24, 2.45) is 0 Å². The normalized spacial score (nSPS) is 20.0. The van der Waals surface area contributed by atoms with Crippen molar-refractivity contribution in [3.05, 3.63) is 41.8 Å². The molecule has 1 aromatic heterocycles. The number of carbonyl (C=O) groups is 1. The molecule has 0 N–H and O–H groups in total. The zero-order chi connectivity index (χ0) is 21.2. The van der Waals surface area contributed by atoms with Crippen molar-refractivity contribution >= 4 is 17.7 Å². The fourth-order valence-electron chi connectivity index (χ4n) is 3.52. The highest BCUT2D eigenvalue weighted by atomic mass is 32.2. The van der Waals surface area contributed by atoms with Crippen LogP contribution in [0.4, 0.5) is 17.6 Å². The topological polar surface area (TPSA) is 46.1 Å². The molecule has 9 heteroatoms. The Morgan fingerprint density at radius 3 is 2.34 bits per heavy atom. The molecule has 0 bridgehead atoms. The van der Waals surface area contributed by atoms with E-state index in [0.717, 1.165) is 49.2 Å². The van der Waals surface area contributed by atoms with Crippen LogP contribution in [0.2, 0.25) is 0 Å². The van der Waals surface area contributed by atoms with Gasteiger partial charge in [0.15, 0.2) is 5.16 Å². The Balaban J connectivity index is 1.83. The molecule has 1 amide bonds. The Hall–Kier alpha value is -2.16. The summed E-state index contributed by atoms with van der Waals surface area (Å²) in [5.74, 6) is -0.679. The molecular formula is C20H21F4N3OS. The van der Waals surface area contributed by atoms with E-state index in [2.05, 4.69) is 9.97 Å². The lowest BCUT2D eigenvalue weighted by Gasteiger charge is -2.39. The Bertz CT molecular complexity index is 863. The smallest absolute Gasteiger partial charge is 0.337 e. The predicted molar refractivity (Wildman–Crippen MR) is 103 cm³/mol. The molecule has 1 aliphatic heterocycles. The average molecular weight is 427 g/mol. The maximum absolute atomic E-state index is 13.3. The van der Waals surface area contributed by atoms with Crippen molar-refractivity contribution in [2.75, 3.05) is 5.75 Å². The van der Waals surface area contributed by atoms with Crippen LogP contribution in [0.15, 0.2) is 35.5 Å². The molecule has 2 heterocycles. The van der Waals surface area contributed by atoms with Crippen LogP contribution in [-0.4, -0.2) is 38.6 Å². The summed E-state index contributed by atoms with van der Waals surface area (Å²) in [7, 11) is 0. The van der Waals surface area contributed by atoms with E-state index < -0.39 is 17.7 Å². The first-order valence-corrected chi connectivity index (χ1v) is 10.3. The van der Waals surface area contributed by atoms with Crippen LogP contribution < -0.4 is 0 Å². The number of rotatable bonds is 4. The summed E-state index contributed by atoms with van der Waals surface area (Å²) in [5.41, 5.74) is -0.728. The van der Waals surface area contributed by atoms with Gasteiger partial charge < -0.3 is 4.90 Å². The third kappa shape index (κ3) is 5.26. The van der Waals surface area contributed by atoms with Crippen molar-refractivity contribution in [1.82, 2.24) is 14.9 Å². The van der Waals surface area contributed by atoms with Crippen LogP contribution in [0.5, 0.6) is 0 Å². The monoisotopic (exact) mass is 427 g/mol. The summed E-state index contributed by atoms with van der Waals surface area (Å²) in [6.07, 6.45) is -1.78. The number of nitrogens with zero attached hydrogens (tertiary/aromatic N) is 3. The number of halogens is 4. The first-order chi connectivity index (χ1) is 13.6. The summed E-state index contributed by atoms with van der Waals surface area (Å²) in [6, 6.07) is 6.05. The molecule has 2 unspecified atom stereocenters. The molecule has 29 heavy (non-hydrogen) atoms. The molecule has 4 nitrogen and oxygen atoms in total. The molecular weight excluding hydrogens is 406 g/mol. The fraction of sp³-hybridized carbons (Fsp3) is 0.450. The van der Waals surface area contributed by atoms with Gasteiger partial charge in [0.25, 0.3) is 0 Å². The number of thioether (sulfide) groups is 1. The largest absolute Gasteiger partial charge is 0.433 e. The molecule has 2 atom stereocenters. The summed E-state index contributed by atoms with van der Waals surface area (Å²) < 4.78 is 53.0. The molecule has 0 aliphatic carbocycles. The Morgan fingerprint density at radius 1 is 1.14 bits per heavy atom. The lowest BCUT2D eigenvalue weighted by atomic mass is 9.98. The van der Waals surface area contributed by atoms with E-state index in [0.29, 0.717) is 5.56 Å².